The second kappa shape index (κ2) is 7.96. The average molecular weight is 436 g/mol. The van der Waals surface area contributed by atoms with Crippen molar-refractivity contribution in [2.75, 3.05) is 0 Å². The van der Waals surface area contributed by atoms with Gasteiger partial charge in [0.15, 0.2) is 0 Å². The molecule has 0 radical (unpaired) electrons. The molecule has 0 atom stereocenters. The zero-order valence-corrected chi connectivity index (χ0v) is 17.2. The number of carbonyl (C=O) groups is 1. The fraction of sp³-hybridized carbons (Fsp3) is 0.227. The van der Waals surface area contributed by atoms with Gasteiger partial charge in [-0.2, -0.15) is 5.10 Å². The van der Waals surface area contributed by atoms with Crippen molar-refractivity contribution in [1.82, 2.24) is 25.3 Å². The third kappa shape index (κ3) is 4.06. The predicted molar refractivity (Wildman–Crippen MR) is 114 cm³/mol. The maximum atomic E-state index is 13.1. The first kappa shape index (κ1) is 19.4. The van der Waals surface area contributed by atoms with E-state index in [1.54, 1.807) is 47.4 Å². The van der Waals surface area contributed by atoms with Gasteiger partial charge in [0, 0.05) is 22.0 Å². The van der Waals surface area contributed by atoms with E-state index in [4.69, 9.17) is 16.0 Å². The van der Waals surface area contributed by atoms with Gasteiger partial charge in [0.2, 0.25) is 17.7 Å². The van der Waals surface area contributed by atoms with Gasteiger partial charge in [-0.25, -0.2) is 5.10 Å². The molecule has 2 heterocycles. The van der Waals surface area contributed by atoms with Crippen molar-refractivity contribution < 1.29 is 9.21 Å². The van der Waals surface area contributed by atoms with Crippen LogP contribution >= 0.6 is 11.6 Å². The Kier molecular flexibility index (Phi) is 4.99. The molecule has 0 spiro atoms. The second-order valence-corrected chi connectivity index (χ2v) is 7.92. The highest BCUT2D eigenvalue weighted by Crippen LogP contribution is 2.30. The molecule has 0 bridgehead atoms. The van der Waals surface area contributed by atoms with E-state index in [0.717, 1.165) is 18.4 Å². The molecule has 1 N–H and O–H groups in total. The maximum absolute atomic E-state index is 13.1. The summed E-state index contributed by atoms with van der Waals surface area (Å²) in [5, 5.41) is 16.6. The van der Waals surface area contributed by atoms with Crippen LogP contribution in [-0.4, -0.2) is 37.2 Å². The van der Waals surface area contributed by atoms with Crippen LogP contribution in [0.3, 0.4) is 0 Å². The summed E-state index contributed by atoms with van der Waals surface area (Å²) >= 11 is 5.93. The lowest BCUT2D eigenvalue weighted by Crippen LogP contribution is -2.34. The van der Waals surface area contributed by atoms with Crippen LogP contribution < -0.4 is 5.56 Å². The summed E-state index contributed by atoms with van der Waals surface area (Å²) in [4.78, 5) is 26.9. The molecular formula is C22H18ClN5O3. The van der Waals surface area contributed by atoms with Crippen molar-refractivity contribution >= 4 is 28.3 Å². The Bertz CT molecular complexity index is 1310. The lowest BCUT2D eigenvalue weighted by Gasteiger charge is -2.20. The summed E-state index contributed by atoms with van der Waals surface area (Å²) in [6.45, 7) is 0.228. The number of benzene rings is 2. The van der Waals surface area contributed by atoms with E-state index in [0.29, 0.717) is 33.3 Å². The van der Waals surface area contributed by atoms with Gasteiger partial charge in [0.25, 0.3) is 5.56 Å². The molecule has 2 aromatic heterocycles. The summed E-state index contributed by atoms with van der Waals surface area (Å²) in [7, 11) is 0. The van der Waals surface area contributed by atoms with E-state index in [9.17, 15) is 9.59 Å². The van der Waals surface area contributed by atoms with E-state index < -0.39 is 0 Å². The van der Waals surface area contributed by atoms with Gasteiger partial charge in [-0.3, -0.25) is 9.59 Å². The van der Waals surface area contributed by atoms with Gasteiger partial charge in [-0.1, -0.05) is 29.8 Å². The predicted octanol–water partition coefficient (Wildman–Crippen LogP) is 3.36. The molecule has 1 fully saturated rings. The Hall–Kier alpha value is -3.52. The topological polar surface area (TPSA) is 105 Å². The lowest BCUT2D eigenvalue weighted by atomic mass is 10.1. The smallest absolute Gasteiger partial charge is 0.272 e. The van der Waals surface area contributed by atoms with Gasteiger partial charge in [0.1, 0.15) is 0 Å². The Balaban J connectivity index is 1.36. The molecular weight excluding hydrogens is 418 g/mol. The van der Waals surface area contributed by atoms with Crippen LogP contribution in [0.25, 0.3) is 22.2 Å². The standard InChI is InChI=1S/C22H18ClN5O3/c23-14-7-5-13(6-8-14)22-27-25-19(31-22)12-28(15-9-10-15)20(29)11-18-16-3-1-2-4-17(16)21(30)26-24-18/h1-8,15H,9-12H2,(H,26,30). The van der Waals surface area contributed by atoms with Crippen LogP contribution in [0.15, 0.2) is 57.7 Å². The summed E-state index contributed by atoms with van der Waals surface area (Å²) in [6, 6.07) is 14.4. The minimum atomic E-state index is -0.272. The second-order valence-electron chi connectivity index (χ2n) is 7.48. The molecule has 0 aliphatic heterocycles. The van der Waals surface area contributed by atoms with Crippen LogP contribution in [0.4, 0.5) is 0 Å². The van der Waals surface area contributed by atoms with Crippen LogP contribution in [0, 0.1) is 0 Å². The van der Waals surface area contributed by atoms with Crippen LogP contribution in [0.5, 0.6) is 0 Å². The fourth-order valence-corrected chi connectivity index (χ4v) is 3.66. The highest BCUT2D eigenvalue weighted by Gasteiger charge is 2.34. The first-order valence-electron chi connectivity index (χ1n) is 9.92. The summed E-state index contributed by atoms with van der Waals surface area (Å²) < 4.78 is 5.78. The van der Waals surface area contributed by atoms with Crippen LogP contribution in [0.2, 0.25) is 5.02 Å². The van der Waals surface area contributed by atoms with E-state index >= 15 is 0 Å². The molecule has 1 aliphatic rings. The van der Waals surface area contributed by atoms with Crippen molar-refractivity contribution in [1.29, 1.82) is 0 Å². The monoisotopic (exact) mass is 435 g/mol. The van der Waals surface area contributed by atoms with Gasteiger partial charge in [-0.15, -0.1) is 10.2 Å². The normalized spacial score (nSPS) is 13.5. The van der Waals surface area contributed by atoms with E-state index in [1.807, 2.05) is 6.07 Å². The number of aromatic amines is 1. The van der Waals surface area contributed by atoms with E-state index in [-0.39, 0.29) is 30.5 Å². The first-order chi connectivity index (χ1) is 15.1. The minimum Gasteiger partial charge on any atom is -0.419 e. The molecule has 31 heavy (non-hydrogen) atoms. The van der Waals surface area contributed by atoms with Crippen LogP contribution in [0.1, 0.15) is 24.4 Å². The molecule has 1 aliphatic carbocycles. The summed E-state index contributed by atoms with van der Waals surface area (Å²) in [6.07, 6.45) is 1.94. The fourth-order valence-electron chi connectivity index (χ4n) is 3.53. The number of fused-ring (bicyclic) bond motifs is 1. The Morgan fingerprint density at radius 2 is 1.84 bits per heavy atom. The lowest BCUT2D eigenvalue weighted by molar-refractivity contribution is -0.132. The first-order valence-corrected chi connectivity index (χ1v) is 10.3. The van der Waals surface area contributed by atoms with Crippen molar-refractivity contribution in [2.24, 2.45) is 0 Å². The zero-order valence-electron chi connectivity index (χ0n) is 16.4. The zero-order chi connectivity index (χ0) is 21.4. The van der Waals surface area contributed by atoms with Crippen molar-refractivity contribution in [3.05, 3.63) is 75.5 Å². The number of aromatic nitrogens is 4. The maximum Gasteiger partial charge on any atom is 0.272 e. The quantitative estimate of drug-likeness (QED) is 0.498. The van der Waals surface area contributed by atoms with E-state index in [2.05, 4.69) is 20.4 Å². The molecule has 5 rings (SSSR count). The molecule has 1 amide bonds. The molecule has 2 aromatic carbocycles. The highest BCUT2D eigenvalue weighted by atomic mass is 35.5. The molecule has 4 aromatic rings. The molecule has 8 nitrogen and oxygen atoms in total. The number of rotatable bonds is 6. The number of halogens is 1. The number of hydrogen-bond acceptors (Lipinski definition) is 6. The number of hydrogen-bond donors (Lipinski definition) is 1. The van der Waals surface area contributed by atoms with Gasteiger partial charge < -0.3 is 9.32 Å². The van der Waals surface area contributed by atoms with Crippen molar-refractivity contribution in [3.8, 4) is 11.5 Å². The van der Waals surface area contributed by atoms with E-state index in [1.165, 1.54) is 0 Å². The van der Waals surface area contributed by atoms with Crippen molar-refractivity contribution in [3.63, 3.8) is 0 Å². The Morgan fingerprint density at radius 1 is 1.10 bits per heavy atom. The number of carbonyl (C=O) groups excluding carboxylic acids is 1. The number of nitrogens with zero attached hydrogens (tertiary/aromatic N) is 4. The van der Waals surface area contributed by atoms with Crippen LogP contribution in [-0.2, 0) is 17.8 Å². The number of amides is 1. The third-order valence-corrected chi connectivity index (χ3v) is 5.52. The summed E-state index contributed by atoms with van der Waals surface area (Å²) in [5.41, 5.74) is 1.03. The highest BCUT2D eigenvalue weighted by molar-refractivity contribution is 6.30. The average Bonchev–Trinajstić information content (AvgIpc) is 3.52. The number of H-pyrrole nitrogens is 1. The SMILES string of the molecule is O=C(Cc1n[nH]c(=O)c2ccccc12)N(Cc1nnc(-c2ccc(Cl)cc2)o1)C1CC1. The largest absolute Gasteiger partial charge is 0.419 e. The van der Waals surface area contributed by atoms with Gasteiger partial charge >= 0.3 is 0 Å². The Morgan fingerprint density at radius 3 is 2.58 bits per heavy atom. The third-order valence-electron chi connectivity index (χ3n) is 5.27. The molecule has 0 unspecified atom stereocenters. The number of nitrogens with one attached hydrogen (secondary N) is 1. The molecule has 0 saturated heterocycles. The van der Waals surface area contributed by atoms with Crippen molar-refractivity contribution in [2.45, 2.75) is 31.8 Å². The minimum absolute atomic E-state index is 0.0754. The summed E-state index contributed by atoms with van der Waals surface area (Å²) in [5.74, 6) is 0.645. The van der Waals surface area contributed by atoms with Gasteiger partial charge in [-0.05, 0) is 43.2 Å². The molecule has 156 valence electrons. The Labute approximate surface area is 181 Å². The van der Waals surface area contributed by atoms with Gasteiger partial charge in [0.05, 0.1) is 24.0 Å². The molecule has 9 heteroatoms. The molecule has 1 saturated carbocycles.